The summed E-state index contributed by atoms with van der Waals surface area (Å²) in [6.45, 7) is 6.11. The Morgan fingerprint density at radius 3 is 2.87 bits per heavy atom. The highest BCUT2D eigenvalue weighted by atomic mass is 16.3. The van der Waals surface area contributed by atoms with Crippen molar-refractivity contribution in [3.8, 4) is 16.9 Å². The average Bonchev–Trinajstić information content (AvgIpc) is 2.94. The van der Waals surface area contributed by atoms with Gasteiger partial charge in [-0.1, -0.05) is 12.5 Å². The SMILES string of the molecule is CCn1cc(-c2cc(O)cc(CC[C@@H]3CCCCN3)c2)c(C)n1. The van der Waals surface area contributed by atoms with Crippen LogP contribution in [0.15, 0.2) is 24.4 Å². The number of aryl methyl sites for hydroxylation is 3. The Labute approximate surface area is 138 Å². The summed E-state index contributed by atoms with van der Waals surface area (Å²) < 4.78 is 1.94. The minimum Gasteiger partial charge on any atom is -0.508 e. The highest BCUT2D eigenvalue weighted by molar-refractivity contribution is 5.67. The largest absolute Gasteiger partial charge is 0.508 e. The number of hydrogen-bond acceptors (Lipinski definition) is 3. The topological polar surface area (TPSA) is 50.1 Å². The molecule has 2 N–H and O–H groups in total. The summed E-state index contributed by atoms with van der Waals surface area (Å²) in [6, 6.07) is 6.56. The molecule has 0 spiro atoms. The van der Waals surface area contributed by atoms with Crippen LogP contribution in [0.3, 0.4) is 0 Å². The van der Waals surface area contributed by atoms with Crippen molar-refractivity contribution >= 4 is 0 Å². The molecule has 124 valence electrons. The molecule has 1 atom stereocenters. The van der Waals surface area contributed by atoms with Crippen LogP contribution < -0.4 is 5.32 Å². The predicted octanol–water partition coefficient (Wildman–Crippen LogP) is 3.66. The third-order valence-corrected chi connectivity index (χ3v) is 4.75. The van der Waals surface area contributed by atoms with Gasteiger partial charge in [-0.3, -0.25) is 4.68 Å². The molecule has 3 rings (SSSR count). The molecule has 0 unspecified atom stereocenters. The number of phenols is 1. The summed E-state index contributed by atoms with van der Waals surface area (Å²) in [6.07, 6.45) is 8.10. The number of nitrogens with one attached hydrogen (secondary N) is 1. The second kappa shape index (κ2) is 7.18. The summed E-state index contributed by atoms with van der Waals surface area (Å²) in [5.41, 5.74) is 4.39. The van der Waals surface area contributed by atoms with Gasteiger partial charge in [0.05, 0.1) is 5.69 Å². The fraction of sp³-hybridized carbons (Fsp3) is 0.526. The molecule has 1 aliphatic rings. The molecule has 0 amide bonds. The summed E-state index contributed by atoms with van der Waals surface area (Å²) in [7, 11) is 0. The fourth-order valence-electron chi connectivity index (χ4n) is 3.45. The Balaban J connectivity index is 1.76. The third-order valence-electron chi connectivity index (χ3n) is 4.75. The Kier molecular flexibility index (Phi) is 5.01. The van der Waals surface area contributed by atoms with Crippen LogP contribution >= 0.6 is 0 Å². The van der Waals surface area contributed by atoms with E-state index in [9.17, 15) is 5.11 Å². The van der Waals surface area contributed by atoms with Gasteiger partial charge in [0.15, 0.2) is 0 Å². The van der Waals surface area contributed by atoms with Crippen molar-refractivity contribution in [2.24, 2.45) is 0 Å². The van der Waals surface area contributed by atoms with Crippen LogP contribution in [0.25, 0.3) is 11.1 Å². The van der Waals surface area contributed by atoms with Crippen LogP contribution in [0.2, 0.25) is 0 Å². The van der Waals surface area contributed by atoms with E-state index in [0.29, 0.717) is 11.8 Å². The van der Waals surface area contributed by atoms with E-state index in [-0.39, 0.29) is 0 Å². The van der Waals surface area contributed by atoms with E-state index in [2.05, 4.69) is 29.6 Å². The second-order valence-electron chi connectivity index (χ2n) is 6.56. The van der Waals surface area contributed by atoms with E-state index in [1.165, 1.54) is 24.8 Å². The molecule has 0 radical (unpaired) electrons. The van der Waals surface area contributed by atoms with Gasteiger partial charge in [0.2, 0.25) is 0 Å². The lowest BCUT2D eigenvalue weighted by molar-refractivity contribution is 0.382. The third kappa shape index (κ3) is 3.94. The van der Waals surface area contributed by atoms with Gasteiger partial charge in [0.25, 0.3) is 0 Å². The molecule has 4 nitrogen and oxygen atoms in total. The van der Waals surface area contributed by atoms with Crippen LogP contribution in [0.1, 0.15) is 43.9 Å². The van der Waals surface area contributed by atoms with Crippen molar-refractivity contribution in [3.05, 3.63) is 35.7 Å². The van der Waals surface area contributed by atoms with E-state index < -0.39 is 0 Å². The van der Waals surface area contributed by atoms with Gasteiger partial charge >= 0.3 is 0 Å². The van der Waals surface area contributed by atoms with E-state index in [1.54, 1.807) is 0 Å². The van der Waals surface area contributed by atoms with Gasteiger partial charge in [0.1, 0.15) is 5.75 Å². The molecule has 1 fully saturated rings. The highest BCUT2D eigenvalue weighted by Gasteiger charge is 2.14. The maximum Gasteiger partial charge on any atom is 0.116 e. The molecule has 2 heterocycles. The van der Waals surface area contributed by atoms with Gasteiger partial charge in [-0.15, -0.1) is 0 Å². The lowest BCUT2D eigenvalue weighted by atomic mass is 9.96. The molecule has 4 heteroatoms. The molecule has 1 aromatic heterocycles. The van der Waals surface area contributed by atoms with Crippen molar-refractivity contribution in [1.29, 1.82) is 0 Å². The van der Waals surface area contributed by atoms with Crippen molar-refractivity contribution in [2.75, 3.05) is 6.54 Å². The Hall–Kier alpha value is -1.81. The minimum atomic E-state index is 0.345. The van der Waals surface area contributed by atoms with Crippen molar-refractivity contribution in [1.82, 2.24) is 15.1 Å². The molecule has 0 bridgehead atoms. The number of nitrogens with zero attached hydrogens (tertiary/aromatic N) is 2. The van der Waals surface area contributed by atoms with E-state index in [1.807, 2.05) is 23.7 Å². The lowest BCUT2D eigenvalue weighted by Crippen LogP contribution is -2.34. The summed E-state index contributed by atoms with van der Waals surface area (Å²) in [4.78, 5) is 0. The maximum absolute atomic E-state index is 10.1. The molecular formula is C19H27N3O. The highest BCUT2D eigenvalue weighted by Crippen LogP contribution is 2.28. The van der Waals surface area contributed by atoms with Gasteiger partial charge in [-0.2, -0.15) is 5.10 Å². The Morgan fingerprint density at radius 2 is 2.17 bits per heavy atom. The smallest absolute Gasteiger partial charge is 0.116 e. The molecule has 1 saturated heterocycles. The zero-order chi connectivity index (χ0) is 16.2. The minimum absolute atomic E-state index is 0.345. The van der Waals surface area contributed by atoms with Crippen LogP contribution in [0.5, 0.6) is 5.75 Å². The fourth-order valence-corrected chi connectivity index (χ4v) is 3.45. The van der Waals surface area contributed by atoms with Crippen molar-refractivity contribution in [3.63, 3.8) is 0 Å². The normalized spacial score (nSPS) is 18.3. The van der Waals surface area contributed by atoms with E-state index in [0.717, 1.165) is 42.8 Å². The zero-order valence-corrected chi connectivity index (χ0v) is 14.2. The monoisotopic (exact) mass is 313 g/mol. The molecule has 0 saturated carbocycles. The number of benzene rings is 1. The Morgan fingerprint density at radius 1 is 1.30 bits per heavy atom. The average molecular weight is 313 g/mol. The second-order valence-corrected chi connectivity index (χ2v) is 6.56. The van der Waals surface area contributed by atoms with Crippen molar-refractivity contribution in [2.45, 2.75) is 58.5 Å². The first kappa shape index (κ1) is 16.1. The standard InChI is InChI=1S/C19H27N3O/c1-3-22-13-19(14(2)21-22)16-10-15(11-18(23)12-16)7-8-17-6-4-5-9-20-17/h10-13,17,20,23H,3-9H2,1-2H3/t17-/m0/s1. The van der Waals surface area contributed by atoms with Crippen LogP contribution in [-0.2, 0) is 13.0 Å². The molecule has 0 aliphatic carbocycles. The van der Waals surface area contributed by atoms with E-state index >= 15 is 0 Å². The Bertz CT molecular complexity index is 657. The summed E-state index contributed by atoms with van der Waals surface area (Å²) in [5, 5.41) is 18.2. The van der Waals surface area contributed by atoms with Crippen LogP contribution in [0, 0.1) is 6.92 Å². The van der Waals surface area contributed by atoms with E-state index in [4.69, 9.17) is 0 Å². The van der Waals surface area contributed by atoms with Crippen molar-refractivity contribution < 1.29 is 5.11 Å². The number of aromatic hydroxyl groups is 1. The predicted molar refractivity (Wildman–Crippen MR) is 93.7 cm³/mol. The first-order valence-electron chi connectivity index (χ1n) is 8.76. The molecular weight excluding hydrogens is 286 g/mol. The molecule has 23 heavy (non-hydrogen) atoms. The maximum atomic E-state index is 10.1. The van der Waals surface area contributed by atoms with Gasteiger partial charge in [-0.05, 0) is 69.3 Å². The number of aromatic nitrogens is 2. The zero-order valence-electron chi connectivity index (χ0n) is 14.2. The quantitative estimate of drug-likeness (QED) is 0.885. The number of rotatable bonds is 5. The van der Waals surface area contributed by atoms with Gasteiger partial charge in [-0.25, -0.2) is 0 Å². The first-order valence-corrected chi connectivity index (χ1v) is 8.76. The van der Waals surface area contributed by atoms with Gasteiger partial charge in [0, 0.05) is 24.3 Å². The number of piperidine rings is 1. The molecule has 1 aromatic carbocycles. The number of hydrogen-bond donors (Lipinski definition) is 2. The molecule has 2 aromatic rings. The molecule has 1 aliphatic heterocycles. The van der Waals surface area contributed by atoms with Gasteiger partial charge < -0.3 is 10.4 Å². The van der Waals surface area contributed by atoms with Crippen LogP contribution in [0.4, 0.5) is 0 Å². The lowest BCUT2D eigenvalue weighted by Gasteiger charge is -2.23. The summed E-state index contributed by atoms with van der Waals surface area (Å²) in [5.74, 6) is 0.345. The first-order chi connectivity index (χ1) is 11.2. The summed E-state index contributed by atoms with van der Waals surface area (Å²) >= 11 is 0. The van der Waals surface area contributed by atoms with Crippen LogP contribution in [-0.4, -0.2) is 27.5 Å². The number of phenolic OH excluding ortho intramolecular Hbond substituents is 1.